The van der Waals surface area contributed by atoms with E-state index in [0.717, 1.165) is 29.7 Å². The van der Waals surface area contributed by atoms with E-state index in [-0.39, 0.29) is 17.6 Å². The number of carbonyl (C=O) groups is 3. The zero-order valence-electron chi connectivity index (χ0n) is 23.7. The van der Waals surface area contributed by atoms with E-state index in [1.54, 1.807) is 18.9 Å². The maximum Gasteiger partial charge on any atom is 0.253 e. The van der Waals surface area contributed by atoms with Crippen LogP contribution in [0.15, 0.2) is 48.5 Å². The van der Waals surface area contributed by atoms with Gasteiger partial charge in [-0.3, -0.25) is 14.4 Å². The van der Waals surface area contributed by atoms with Gasteiger partial charge in [0, 0.05) is 12.6 Å². The van der Waals surface area contributed by atoms with Crippen molar-refractivity contribution in [2.24, 2.45) is 5.92 Å². The minimum Gasteiger partial charge on any atom is -0.340 e. The summed E-state index contributed by atoms with van der Waals surface area (Å²) in [5.41, 5.74) is 1.94. The largest absolute Gasteiger partial charge is 0.340 e. The molecular weight excluding hydrogens is 528 g/mol. The van der Waals surface area contributed by atoms with Gasteiger partial charge in [0.05, 0.1) is 11.4 Å². The Balaban J connectivity index is 1.63. The van der Waals surface area contributed by atoms with E-state index in [0.29, 0.717) is 31.2 Å². The topological polar surface area (TPSA) is 125 Å². The molecule has 0 aromatic heterocycles. The van der Waals surface area contributed by atoms with Crippen LogP contribution in [0.5, 0.6) is 0 Å². The first-order valence-electron chi connectivity index (χ1n) is 14.1. The number of anilines is 1. The summed E-state index contributed by atoms with van der Waals surface area (Å²) in [6.45, 7) is 5.59. The molecule has 2 aliphatic rings. The molecule has 2 aromatic rings. The molecule has 1 heterocycles. The summed E-state index contributed by atoms with van der Waals surface area (Å²) >= 11 is 0. The van der Waals surface area contributed by atoms with E-state index in [4.69, 9.17) is 0 Å². The molecule has 9 nitrogen and oxygen atoms in total. The molecule has 216 valence electrons. The number of para-hydroxylation sites is 1. The predicted octanol–water partition coefficient (Wildman–Crippen LogP) is 3.66. The molecule has 40 heavy (non-hydrogen) atoms. The molecule has 1 aliphatic carbocycles. The number of rotatable bonds is 10. The molecule has 1 unspecified atom stereocenters. The van der Waals surface area contributed by atoms with Crippen LogP contribution >= 0.6 is 0 Å². The van der Waals surface area contributed by atoms with Gasteiger partial charge in [-0.25, -0.2) is 13.1 Å². The Morgan fingerprint density at radius 3 is 2.30 bits per heavy atom. The number of likely N-dealkylation sites (N-methyl/N-ethyl adjacent to an activating group) is 1. The molecule has 1 fully saturated rings. The number of hydrogen-bond acceptors (Lipinski definition) is 5. The lowest BCUT2D eigenvalue weighted by atomic mass is 9.92. The van der Waals surface area contributed by atoms with Crippen molar-refractivity contribution in [1.82, 2.24) is 15.4 Å². The molecular formula is C30H40N4O5S. The summed E-state index contributed by atoms with van der Waals surface area (Å²) in [5.74, 6) is -1.28. The zero-order chi connectivity index (χ0) is 29.1. The smallest absolute Gasteiger partial charge is 0.253 e. The lowest BCUT2D eigenvalue weighted by Crippen LogP contribution is -2.62. The third kappa shape index (κ3) is 6.23. The van der Waals surface area contributed by atoms with Crippen LogP contribution in [0.1, 0.15) is 70.9 Å². The fourth-order valence-corrected chi connectivity index (χ4v) is 7.07. The van der Waals surface area contributed by atoms with E-state index in [2.05, 4.69) is 15.4 Å². The normalized spacial score (nSPS) is 19.0. The minimum atomic E-state index is -3.66. The van der Waals surface area contributed by atoms with Crippen LogP contribution < -0.4 is 20.3 Å². The Labute approximate surface area is 237 Å². The number of sulfonamides is 1. The van der Waals surface area contributed by atoms with Crippen LogP contribution in [0.2, 0.25) is 0 Å². The second kappa shape index (κ2) is 12.1. The first-order valence-corrected chi connectivity index (χ1v) is 15.7. The Kier molecular flexibility index (Phi) is 8.99. The second-order valence-electron chi connectivity index (χ2n) is 11.3. The number of benzene rings is 2. The lowest BCUT2D eigenvalue weighted by Gasteiger charge is -2.33. The molecule has 4 rings (SSSR count). The average molecular weight is 569 g/mol. The summed E-state index contributed by atoms with van der Waals surface area (Å²) in [7, 11) is -1.96. The van der Waals surface area contributed by atoms with Gasteiger partial charge in [-0.15, -0.1) is 0 Å². The van der Waals surface area contributed by atoms with Crippen molar-refractivity contribution in [1.29, 1.82) is 0 Å². The molecule has 3 N–H and O–H groups in total. The second-order valence-corrected chi connectivity index (χ2v) is 13.2. The van der Waals surface area contributed by atoms with Gasteiger partial charge < -0.3 is 15.5 Å². The third-order valence-corrected chi connectivity index (χ3v) is 9.34. The number of fused-ring (bicyclic) bond motifs is 3. The molecule has 3 amide bonds. The van der Waals surface area contributed by atoms with Crippen LogP contribution in [0.4, 0.5) is 5.69 Å². The molecule has 0 spiro atoms. The van der Waals surface area contributed by atoms with E-state index in [1.165, 1.54) is 0 Å². The summed E-state index contributed by atoms with van der Waals surface area (Å²) in [5, 5.41) is 5.91. The quantitative estimate of drug-likeness (QED) is 0.404. The van der Waals surface area contributed by atoms with Crippen molar-refractivity contribution in [3.63, 3.8) is 0 Å². The zero-order valence-corrected chi connectivity index (χ0v) is 24.5. The Hall–Kier alpha value is -3.24. The highest BCUT2D eigenvalue weighted by atomic mass is 32.2. The maximum absolute atomic E-state index is 14.0. The fraction of sp³-hybridized carbons (Fsp3) is 0.500. The number of carbonyl (C=O) groups excluding carboxylic acids is 3. The van der Waals surface area contributed by atoms with E-state index < -0.39 is 39.5 Å². The van der Waals surface area contributed by atoms with Crippen LogP contribution in [0.25, 0.3) is 11.1 Å². The van der Waals surface area contributed by atoms with Gasteiger partial charge in [-0.05, 0) is 48.8 Å². The summed E-state index contributed by atoms with van der Waals surface area (Å²) < 4.78 is 27.6. The molecule has 0 radical (unpaired) electrons. The molecule has 1 saturated carbocycles. The first-order chi connectivity index (χ1) is 19.0. The van der Waals surface area contributed by atoms with Crippen molar-refractivity contribution < 1.29 is 22.8 Å². The maximum atomic E-state index is 14.0. The molecule has 0 bridgehead atoms. The number of nitrogens with one attached hydrogen (secondary N) is 3. The molecule has 10 heteroatoms. The van der Waals surface area contributed by atoms with Crippen LogP contribution in [-0.2, 0) is 24.4 Å². The van der Waals surface area contributed by atoms with Crippen molar-refractivity contribution in [2.75, 3.05) is 17.7 Å². The van der Waals surface area contributed by atoms with Gasteiger partial charge in [-0.2, -0.15) is 0 Å². The van der Waals surface area contributed by atoms with Gasteiger partial charge >= 0.3 is 0 Å². The summed E-state index contributed by atoms with van der Waals surface area (Å²) in [6, 6.07) is 13.2. The monoisotopic (exact) mass is 568 g/mol. The van der Waals surface area contributed by atoms with Crippen molar-refractivity contribution in [2.45, 2.75) is 76.9 Å². The third-order valence-electron chi connectivity index (χ3n) is 7.75. The van der Waals surface area contributed by atoms with Crippen molar-refractivity contribution in [3.05, 3.63) is 54.1 Å². The SMILES string of the molecule is CCCS(=O)(=O)N[C@@H](CC(C)C)C(=O)NC1(C(=O)NC2C(=O)N(C)c3ccccc3-c3ccccc32)CCCC1. The van der Waals surface area contributed by atoms with Gasteiger partial charge in [0.15, 0.2) is 0 Å². The lowest BCUT2D eigenvalue weighted by molar-refractivity contribution is -0.136. The molecule has 0 saturated heterocycles. The van der Waals surface area contributed by atoms with Gasteiger partial charge in [0.1, 0.15) is 17.6 Å². The van der Waals surface area contributed by atoms with Crippen LogP contribution in [0.3, 0.4) is 0 Å². The molecule has 1 aliphatic heterocycles. The standard InChI is InChI=1S/C30H40N4O5S/c1-5-18-40(38,39)33-24(19-20(2)3)27(35)32-30(16-10-11-17-30)29(37)31-26-23-14-7-6-12-21(23)22-13-8-9-15-25(22)34(4)28(26)36/h6-9,12-15,20,24,26,33H,5,10-11,16-19H2,1-4H3,(H,31,37)(H,32,35)/t24-,26?/m0/s1. The van der Waals surface area contributed by atoms with Gasteiger partial charge in [-0.1, -0.05) is 76.1 Å². The highest BCUT2D eigenvalue weighted by Crippen LogP contribution is 2.40. The minimum absolute atomic E-state index is 0.0470. The van der Waals surface area contributed by atoms with E-state index >= 15 is 0 Å². The highest BCUT2D eigenvalue weighted by molar-refractivity contribution is 7.89. The number of hydrogen-bond donors (Lipinski definition) is 3. The first kappa shape index (κ1) is 29.7. The summed E-state index contributed by atoms with van der Waals surface area (Å²) in [6.07, 6.45) is 2.98. The number of nitrogens with zero attached hydrogens (tertiary/aromatic N) is 1. The number of amides is 3. The molecule has 2 aromatic carbocycles. The van der Waals surface area contributed by atoms with Crippen LogP contribution in [-0.4, -0.2) is 50.5 Å². The Morgan fingerprint density at radius 2 is 1.65 bits per heavy atom. The van der Waals surface area contributed by atoms with E-state index in [9.17, 15) is 22.8 Å². The fourth-order valence-electron chi connectivity index (χ4n) is 5.78. The van der Waals surface area contributed by atoms with Gasteiger partial charge in [0.2, 0.25) is 21.8 Å². The van der Waals surface area contributed by atoms with Gasteiger partial charge in [0.25, 0.3) is 5.91 Å². The predicted molar refractivity (Wildman–Crippen MR) is 156 cm³/mol. The van der Waals surface area contributed by atoms with E-state index in [1.807, 2.05) is 62.4 Å². The Bertz CT molecular complexity index is 1370. The average Bonchev–Trinajstić information content (AvgIpc) is 3.37. The highest BCUT2D eigenvalue weighted by Gasteiger charge is 2.46. The van der Waals surface area contributed by atoms with Crippen LogP contribution in [0, 0.1) is 5.92 Å². The van der Waals surface area contributed by atoms with Crippen molar-refractivity contribution >= 4 is 33.4 Å². The summed E-state index contributed by atoms with van der Waals surface area (Å²) in [4.78, 5) is 42.9. The molecule has 2 atom stereocenters. The van der Waals surface area contributed by atoms with Crippen molar-refractivity contribution in [3.8, 4) is 11.1 Å². The Morgan fingerprint density at radius 1 is 1.02 bits per heavy atom.